The zero-order chi connectivity index (χ0) is 20.6. The molecular weight excluding hydrogens is 406 g/mol. The number of thiazole rings is 1. The zero-order valence-electron chi connectivity index (χ0n) is 16.4. The maximum atomic E-state index is 13.1. The van der Waals surface area contributed by atoms with Gasteiger partial charge in [0.25, 0.3) is 5.91 Å². The number of hydrogen-bond acceptors (Lipinski definition) is 5. The highest BCUT2D eigenvalue weighted by atomic mass is 32.2. The Morgan fingerprint density at radius 1 is 1.10 bits per heavy atom. The third-order valence-corrected chi connectivity index (χ3v) is 7.99. The van der Waals surface area contributed by atoms with Crippen LogP contribution in [-0.2, 0) is 10.0 Å². The summed E-state index contributed by atoms with van der Waals surface area (Å²) in [5.74, 6) is -0.463. The van der Waals surface area contributed by atoms with Crippen molar-refractivity contribution in [2.45, 2.75) is 38.0 Å². The van der Waals surface area contributed by atoms with Crippen molar-refractivity contribution in [2.75, 3.05) is 18.4 Å². The van der Waals surface area contributed by atoms with Gasteiger partial charge in [-0.15, -0.1) is 0 Å². The Kier molecular flexibility index (Phi) is 5.42. The molecule has 4 rings (SSSR count). The molecule has 1 aromatic heterocycles. The van der Waals surface area contributed by atoms with E-state index >= 15 is 0 Å². The molecule has 1 N–H and O–H groups in total. The molecule has 6 nitrogen and oxygen atoms in total. The standard InChI is InChI=1S/C21H23N3O3S2/c1-14-12-15(2)19-17(13-14)28-21(22-19)23-20(25)16-8-4-5-9-18(16)29(26,27)24-10-6-3-7-11-24/h4-5,8-9,12-13H,3,6-7,10-11H2,1-2H3,(H,22,23,25). The second-order valence-corrected chi connectivity index (χ2v) is 10.3. The molecule has 0 unspecified atom stereocenters. The Labute approximate surface area is 174 Å². The molecule has 0 bridgehead atoms. The van der Waals surface area contributed by atoms with Crippen LogP contribution >= 0.6 is 11.3 Å². The maximum absolute atomic E-state index is 13.1. The molecule has 1 saturated heterocycles. The highest BCUT2D eigenvalue weighted by molar-refractivity contribution is 7.89. The first kappa shape index (κ1) is 20.0. The maximum Gasteiger partial charge on any atom is 0.258 e. The second kappa shape index (κ2) is 7.85. The minimum Gasteiger partial charge on any atom is -0.298 e. The van der Waals surface area contributed by atoms with Crippen LogP contribution in [0.1, 0.15) is 40.7 Å². The number of nitrogens with one attached hydrogen (secondary N) is 1. The lowest BCUT2D eigenvalue weighted by atomic mass is 10.1. The van der Waals surface area contributed by atoms with E-state index in [1.165, 1.54) is 21.7 Å². The number of piperidine rings is 1. The molecular formula is C21H23N3O3S2. The molecule has 152 valence electrons. The number of rotatable bonds is 4. The lowest BCUT2D eigenvalue weighted by Crippen LogP contribution is -2.36. The van der Waals surface area contributed by atoms with E-state index in [1.807, 2.05) is 26.0 Å². The molecule has 29 heavy (non-hydrogen) atoms. The average molecular weight is 430 g/mol. The van der Waals surface area contributed by atoms with Gasteiger partial charge < -0.3 is 0 Å². The van der Waals surface area contributed by atoms with Crippen LogP contribution in [0.4, 0.5) is 5.13 Å². The van der Waals surface area contributed by atoms with Crippen LogP contribution in [-0.4, -0.2) is 36.7 Å². The number of carbonyl (C=O) groups excluding carboxylic acids is 1. The summed E-state index contributed by atoms with van der Waals surface area (Å²) >= 11 is 1.39. The number of aromatic nitrogens is 1. The Balaban J connectivity index is 1.66. The van der Waals surface area contributed by atoms with Gasteiger partial charge in [0.1, 0.15) is 0 Å². The third-order valence-electron chi connectivity index (χ3n) is 5.11. The van der Waals surface area contributed by atoms with Crippen LogP contribution in [0, 0.1) is 13.8 Å². The highest BCUT2D eigenvalue weighted by Gasteiger charge is 2.30. The Bertz CT molecular complexity index is 1180. The van der Waals surface area contributed by atoms with Crippen LogP contribution in [0.3, 0.4) is 0 Å². The van der Waals surface area contributed by atoms with E-state index in [2.05, 4.69) is 10.3 Å². The first-order chi connectivity index (χ1) is 13.9. The van der Waals surface area contributed by atoms with Crippen LogP contribution < -0.4 is 5.32 Å². The fourth-order valence-electron chi connectivity index (χ4n) is 3.71. The number of nitrogens with zero attached hydrogens (tertiary/aromatic N) is 2. The fraction of sp³-hybridized carbons (Fsp3) is 0.333. The van der Waals surface area contributed by atoms with Crippen molar-refractivity contribution in [1.29, 1.82) is 0 Å². The normalized spacial score (nSPS) is 15.5. The van der Waals surface area contributed by atoms with E-state index < -0.39 is 15.9 Å². The Morgan fingerprint density at radius 2 is 1.83 bits per heavy atom. The van der Waals surface area contributed by atoms with E-state index in [0.29, 0.717) is 18.2 Å². The number of sulfonamides is 1. The summed E-state index contributed by atoms with van der Waals surface area (Å²) < 4.78 is 28.7. The first-order valence-corrected chi connectivity index (χ1v) is 11.9. The van der Waals surface area contributed by atoms with Crippen molar-refractivity contribution in [3.8, 4) is 0 Å². The summed E-state index contributed by atoms with van der Waals surface area (Å²) in [6.45, 7) is 5.00. The lowest BCUT2D eigenvalue weighted by molar-refractivity contribution is 0.102. The van der Waals surface area contributed by atoms with Crippen molar-refractivity contribution in [3.05, 3.63) is 53.1 Å². The summed E-state index contributed by atoms with van der Waals surface area (Å²) in [4.78, 5) is 17.5. The van der Waals surface area contributed by atoms with Gasteiger partial charge in [0.15, 0.2) is 5.13 Å². The summed E-state index contributed by atoms with van der Waals surface area (Å²) in [7, 11) is -3.71. The largest absolute Gasteiger partial charge is 0.298 e. The van der Waals surface area contributed by atoms with Crippen LogP contribution in [0.2, 0.25) is 0 Å². The molecule has 1 aliphatic heterocycles. The van der Waals surface area contributed by atoms with Gasteiger partial charge in [-0.2, -0.15) is 4.31 Å². The van der Waals surface area contributed by atoms with E-state index in [4.69, 9.17) is 0 Å². The van der Waals surface area contributed by atoms with Gasteiger partial charge in [0.05, 0.1) is 20.7 Å². The van der Waals surface area contributed by atoms with E-state index in [9.17, 15) is 13.2 Å². The third kappa shape index (κ3) is 3.92. The number of carbonyl (C=O) groups is 1. The molecule has 0 spiro atoms. The number of benzene rings is 2. The minimum absolute atomic E-state index is 0.0486. The van der Waals surface area contributed by atoms with Gasteiger partial charge >= 0.3 is 0 Å². The van der Waals surface area contributed by atoms with Gasteiger partial charge in [0, 0.05) is 13.1 Å². The number of anilines is 1. The molecule has 8 heteroatoms. The minimum atomic E-state index is -3.71. The van der Waals surface area contributed by atoms with Crippen molar-refractivity contribution in [3.63, 3.8) is 0 Å². The molecule has 2 heterocycles. The fourth-order valence-corrected chi connectivity index (χ4v) is 6.46. The van der Waals surface area contributed by atoms with Crippen LogP contribution in [0.15, 0.2) is 41.3 Å². The number of fused-ring (bicyclic) bond motifs is 1. The van der Waals surface area contributed by atoms with Crippen LogP contribution in [0.25, 0.3) is 10.2 Å². The predicted molar refractivity (Wildman–Crippen MR) is 116 cm³/mol. The Hall–Kier alpha value is -2.29. The molecule has 3 aromatic rings. The second-order valence-electron chi connectivity index (χ2n) is 7.36. The molecule has 0 radical (unpaired) electrons. The van der Waals surface area contributed by atoms with Crippen molar-refractivity contribution < 1.29 is 13.2 Å². The molecule has 1 aliphatic rings. The van der Waals surface area contributed by atoms with Gasteiger partial charge in [-0.3, -0.25) is 10.1 Å². The molecule has 0 saturated carbocycles. The molecule has 1 fully saturated rings. The lowest BCUT2D eigenvalue weighted by Gasteiger charge is -2.26. The summed E-state index contributed by atoms with van der Waals surface area (Å²) in [6, 6.07) is 10.5. The van der Waals surface area contributed by atoms with E-state index in [0.717, 1.165) is 40.6 Å². The SMILES string of the molecule is Cc1cc(C)c2nc(NC(=O)c3ccccc3S(=O)(=O)N3CCCCC3)sc2c1. The summed E-state index contributed by atoms with van der Waals surface area (Å²) in [5, 5.41) is 3.26. The van der Waals surface area contributed by atoms with Gasteiger partial charge in [-0.1, -0.05) is 36.0 Å². The number of amides is 1. The smallest absolute Gasteiger partial charge is 0.258 e. The van der Waals surface area contributed by atoms with Crippen molar-refractivity contribution in [2.24, 2.45) is 0 Å². The molecule has 1 amide bonds. The van der Waals surface area contributed by atoms with Crippen LogP contribution in [0.5, 0.6) is 0 Å². The monoisotopic (exact) mass is 429 g/mol. The highest BCUT2D eigenvalue weighted by Crippen LogP contribution is 2.30. The molecule has 0 aliphatic carbocycles. The predicted octanol–water partition coefficient (Wildman–Crippen LogP) is 4.34. The summed E-state index contributed by atoms with van der Waals surface area (Å²) in [5.41, 5.74) is 3.18. The summed E-state index contributed by atoms with van der Waals surface area (Å²) in [6.07, 6.45) is 2.72. The quantitative estimate of drug-likeness (QED) is 0.669. The van der Waals surface area contributed by atoms with E-state index in [-0.39, 0.29) is 10.5 Å². The molecule has 0 atom stereocenters. The van der Waals surface area contributed by atoms with Gasteiger partial charge in [0.2, 0.25) is 10.0 Å². The number of aryl methyl sites for hydroxylation is 2. The van der Waals surface area contributed by atoms with Crippen molar-refractivity contribution >= 4 is 42.6 Å². The van der Waals surface area contributed by atoms with Gasteiger partial charge in [-0.05, 0) is 56.0 Å². The average Bonchev–Trinajstić information content (AvgIpc) is 3.11. The number of hydrogen-bond donors (Lipinski definition) is 1. The van der Waals surface area contributed by atoms with Crippen molar-refractivity contribution in [1.82, 2.24) is 9.29 Å². The topological polar surface area (TPSA) is 79.4 Å². The van der Waals surface area contributed by atoms with E-state index in [1.54, 1.807) is 18.2 Å². The molecule has 2 aromatic carbocycles. The zero-order valence-corrected chi connectivity index (χ0v) is 18.1. The van der Waals surface area contributed by atoms with Gasteiger partial charge in [-0.25, -0.2) is 13.4 Å². The first-order valence-electron chi connectivity index (χ1n) is 9.64. The Morgan fingerprint density at radius 3 is 2.59 bits per heavy atom.